The fraction of sp³-hybridized carbons (Fsp3) is 0.538. The topological polar surface area (TPSA) is 0 Å². The van der Waals surface area contributed by atoms with Crippen LogP contribution in [0.25, 0.3) is 0 Å². The monoisotopic (exact) mass is 286 g/mol. The molecule has 2 atom stereocenters. The third-order valence-electron chi connectivity index (χ3n) is 3.37. The van der Waals surface area contributed by atoms with Gasteiger partial charge in [0.2, 0.25) is 0 Å². The SMILES string of the molecule is CC1(C)CC1C(Br)Cc1ccc(Cl)cc1. The van der Waals surface area contributed by atoms with Gasteiger partial charge in [-0.15, -0.1) is 0 Å². The lowest BCUT2D eigenvalue weighted by Gasteiger charge is -2.11. The van der Waals surface area contributed by atoms with E-state index in [2.05, 4.69) is 41.9 Å². The number of rotatable bonds is 3. The maximum absolute atomic E-state index is 5.86. The molecule has 2 heteroatoms. The first-order chi connectivity index (χ1) is 6.99. The van der Waals surface area contributed by atoms with Crippen molar-refractivity contribution in [2.24, 2.45) is 11.3 Å². The Bertz CT molecular complexity index is 342. The summed E-state index contributed by atoms with van der Waals surface area (Å²) in [6.45, 7) is 4.68. The minimum Gasteiger partial charge on any atom is -0.0884 e. The number of alkyl halides is 1. The molecule has 82 valence electrons. The van der Waals surface area contributed by atoms with Gasteiger partial charge in [-0.05, 0) is 41.9 Å². The standard InChI is InChI=1S/C13H16BrCl/c1-13(2)8-11(13)12(14)7-9-3-5-10(15)6-4-9/h3-6,11-12H,7-8H2,1-2H3. The van der Waals surface area contributed by atoms with Gasteiger partial charge >= 0.3 is 0 Å². The summed E-state index contributed by atoms with van der Waals surface area (Å²) in [6, 6.07) is 8.17. The molecule has 1 aliphatic rings. The molecule has 0 bridgehead atoms. The average Bonchev–Trinajstić information content (AvgIpc) is 2.79. The fourth-order valence-corrected chi connectivity index (χ4v) is 3.52. The van der Waals surface area contributed by atoms with Gasteiger partial charge < -0.3 is 0 Å². The first kappa shape index (κ1) is 11.5. The highest BCUT2D eigenvalue weighted by molar-refractivity contribution is 9.09. The second kappa shape index (κ2) is 4.10. The molecule has 1 aromatic rings. The van der Waals surface area contributed by atoms with Crippen LogP contribution in [0.5, 0.6) is 0 Å². The molecule has 0 nitrogen and oxygen atoms in total. The predicted octanol–water partition coefficient (Wildman–Crippen LogP) is 4.69. The third kappa shape index (κ3) is 2.76. The smallest absolute Gasteiger partial charge is 0.0406 e. The average molecular weight is 288 g/mol. The zero-order chi connectivity index (χ0) is 11.1. The van der Waals surface area contributed by atoms with Crippen molar-refractivity contribution in [2.75, 3.05) is 0 Å². The first-order valence-corrected chi connectivity index (χ1v) is 6.67. The van der Waals surface area contributed by atoms with Crippen LogP contribution in [-0.2, 0) is 6.42 Å². The molecular formula is C13H16BrCl. The van der Waals surface area contributed by atoms with Gasteiger partial charge in [0.25, 0.3) is 0 Å². The van der Waals surface area contributed by atoms with Gasteiger partial charge in [-0.1, -0.05) is 53.5 Å². The second-order valence-electron chi connectivity index (χ2n) is 5.15. The Kier molecular flexibility index (Phi) is 3.14. The van der Waals surface area contributed by atoms with E-state index in [1.165, 1.54) is 12.0 Å². The van der Waals surface area contributed by atoms with Gasteiger partial charge in [0.05, 0.1) is 0 Å². The van der Waals surface area contributed by atoms with Crippen LogP contribution in [0.1, 0.15) is 25.8 Å². The molecule has 1 aromatic carbocycles. The van der Waals surface area contributed by atoms with Crippen LogP contribution < -0.4 is 0 Å². The van der Waals surface area contributed by atoms with Gasteiger partial charge in [-0.25, -0.2) is 0 Å². The highest BCUT2D eigenvalue weighted by Gasteiger charge is 2.48. The van der Waals surface area contributed by atoms with Crippen LogP contribution in [0.2, 0.25) is 5.02 Å². The normalized spacial score (nSPS) is 24.9. The van der Waals surface area contributed by atoms with Crippen LogP contribution >= 0.6 is 27.5 Å². The summed E-state index contributed by atoms with van der Waals surface area (Å²) < 4.78 is 0. The summed E-state index contributed by atoms with van der Waals surface area (Å²) in [6.07, 6.45) is 2.45. The summed E-state index contributed by atoms with van der Waals surface area (Å²) in [5, 5.41) is 0.816. The van der Waals surface area contributed by atoms with Gasteiger partial charge in [-0.2, -0.15) is 0 Å². The minimum absolute atomic E-state index is 0.542. The van der Waals surface area contributed by atoms with Crippen molar-refractivity contribution in [2.45, 2.75) is 31.5 Å². The summed E-state index contributed by atoms with van der Waals surface area (Å²) in [5.74, 6) is 0.827. The van der Waals surface area contributed by atoms with Crippen LogP contribution in [0.3, 0.4) is 0 Å². The van der Waals surface area contributed by atoms with Gasteiger partial charge in [0, 0.05) is 9.85 Å². The molecule has 1 aliphatic carbocycles. The largest absolute Gasteiger partial charge is 0.0884 e. The van der Waals surface area contributed by atoms with Crippen LogP contribution in [-0.4, -0.2) is 4.83 Å². The Morgan fingerprint density at radius 3 is 2.40 bits per heavy atom. The van der Waals surface area contributed by atoms with E-state index in [4.69, 9.17) is 11.6 Å². The van der Waals surface area contributed by atoms with E-state index in [1.807, 2.05) is 12.1 Å². The molecule has 2 rings (SSSR count). The predicted molar refractivity (Wildman–Crippen MR) is 69.8 cm³/mol. The Morgan fingerprint density at radius 2 is 1.93 bits per heavy atom. The lowest BCUT2D eigenvalue weighted by Crippen LogP contribution is -2.09. The molecule has 2 unspecified atom stereocenters. The molecule has 0 amide bonds. The highest BCUT2D eigenvalue weighted by atomic mass is 79.9. The quantitative estimate of drug-likeness (QED) is 0.707. The molecule has 0 N–H and O–H groups in total. The molecule has 15 heavy (non-hydrogen) atoms. The van der Waals surface area contributed by atoms with Gasteiger partial charge in [0.15, 0.2) is 0 Å². The van der Waals surface area contributed by atoms with E-state index >= 15 is 0 Å². The van der Waals surface area contributed by atoms with E-state index in [9.17, 15) is 0 Å². The lowest BCUT2D eigenvalue weighted by molar-refractivity contribution is 0.546. The molecule has 0 heterocycles. The van der Waals surface area contributed by atoms with E-state index in [-0.39, 0.29) is 0 Å². The summed E-state index contributed by atoms with van der Waals surface area (Å²) >= 11 is 9.66. The van der Waals surface area contributed by atoms with Crippen molar-refractivity contribution >= 4 is 27.5 Å². The van der Waals surface area contributed by atoms with Gasteiger partial charge in [-0.3, -0.25) is 0 Å². The fourth-order valence-electron chi connectivity index (χ4n) is 2.11. The molecule has 0 saturated heterocycles. The van der Waals surface area contributed by atoms with Crippen molar-refractivity contribution in [3.8, 4) is 0 Å². The van der Waals surface area contributed by atoms with Crippen molar-refractivity contribution in [3.05, 3.63) is 34.9 Å². The van der Waals surface area contributed by atoms with Gasteiger partial charge in [0.1, 0.15) is 0 Å². The Morgan fingerprint density at radius 1 is 1.40 bits per heavy atom. The maximum Gasteiger partial charge on any atom is 0.0406 e. The molecule has 1 saturated carbocycles. The van der Waals surface area contributed by atoms with Crippen molar-refractivity contribution in [1.29, 1.82) is 0 Å². The molecular weight excluding hydrogens is 272 g/mol. The second-order valence-corrected chi connectivity index (χ2v) is 6.76. The molecule has 0 aliphatic heterocycles. The number of hydrogen-bond donors (Lipinski definition) is 0. The highest BCUT2D eigenvalue weighted by Crippen LogP contribution is 2.55. The lowest BCUT2D eigenvalue weighted by atomic mass is 10.0. The number of hydrogen-bond acceptors (Lipinski definition) is 0. The van der Waals surface area contributed by atoms with Crippen molar-refractivity contribution < 1.29 is 0 Å². The van der Waals surface area contributed by atoms with E-state index < -0.39 is 0 Å². The van der Waals surface area contributed by atoms with Crippen LogP contribution in [0, 0.1) is 11.3 Å². The number of halogens is 2. The Balaban J connectivity index is 1.95. The molecule has 0 radical (unpaired) electrons. The molecule has 0 spiro atoms. The maximum atomic E-state index is 5.86. The Labute approximate surface area is 105 Å². The van der Waals surface area contributed by atoms with E-state index in [0.29, 0.717) is 10.2 Å². The summed E-state index contributed by atoms with van der Waals surface area (Å²) in [7, 11) is 0. The minimum atomic E-state index is 0.542. The zero-order valence-electron chi connectivity index (χ0n) is 9.13. The summed E-state index contributed by atoms with van der Waals surface area (Å²) in [5.41, 5.74) is 1.91. The molecule has 0 aromatic heterocycles. The zero-order valence-corrected chi connectivity index (χ0v) is 11.5. The van der Waals surface area contributed by atoms with Crippen LogP contribution in [0.15, 0.2) is 24.3 Å². The third-order valence-corrected chi connectivity index (χ3v) is 4.58. The van der Waals surface area contributed by atoms with E-state index in [0.717, 1.165) is 17.4 Å². The number of benzene rings is 1. The Hall–Kier alpha value is -0.0100. The van der Waals surface area contributed by atoms with E-state index in [1.54, 1.807) is 0 Å². The summed E-state index contributed by atoms with van der Waals surface area (Å²) in [4.78, 5) is 0.605. The van der Waals surface area contributed by atoms with Crippen molar-refractivity contribution in [3.63, 3.8) is 0 Å². The molecule has 1 fully saturated rings. The van der Waals surface area contributed by atoms with Crippen LogP contribution in [0.4, 0.5) is 0 Å². The van der Waals surface area contributed by atoms with Crippen molar-refractivity contribution in [1.82, 2.24) is 0 Å². The first-order valence-electron chi connectivity index (χ1n) is 5.37.